The average Bonchev–Trinajstić information content (AvgIpc) is 2.61. The second-order valence-electron chi connectivity index (χ2n) is 4.82. The minimum Gasteiger partial charge on any atom is -0.497 e. The summed E-state index contributed by atoms with van der Waals surface area (Å²) >= 11 is 0. The van der Waals surface area contributed by atoms with E-state index in [1.54, 1.807) is 50.6 Å². The Labute approximate surface area is 141 Å². The van der Waals surface area contributed by atoms with Crippen molar-refractivity contribution in [3.63, 3.8) is 0 Å². The number of methoxy groups -OCH3 is 3. The summed E-state index contributed by atoms with van der Waals surface area (Å²) in [6.45, 7) is 2.35. The number of carbonyl (C=O) groups excluding carboxylic acids is 1. The fourth-order valence-corrected chi connectivity index (χ4v) is 2.19. The van der Waals surface area contributed by atoms with Gasteiger partial charge in [0.15, 0.2) is 11.5 Å². The third kappa shape index (κ3) is 3.90. The molecular weight excluding hydrogens is 310 g/mol. The SMILES string of the molecule is CCOc1cc(C(=O)Nc2cc(OC)ccc2OC)ccc1OC. The molecule has 0 spiro atoms. The van der Waals surface area contributed by atoms with Crippen LogP contribution in [0.2, 0.25) is 0 Å². The van der Waals surface area contributed by atoms with Crippen LogP contribution < -0.4 is 24.3 Å². The molecular formula is C18H21NO5. The summed E-state index contributed by atoms with van der Waals surface area (Å²) in [5.41, 5.74) is 0.972. The Kier molecular flexibility index (Phi) is 5.89. The fourth-order valence-electron chi connectivity index (χ4n) is 2.19. The molecule has 0 saturated heterocycles. The van der Waals surface area contributed by atoms with Crippen molar-refractivity contribution in [2.75, 3.05) is 33.3 Å². The summed E-state index contributed by atoms with van der Waals surface area (Å²) in [6, 6.07) is 10.2. The maximum absolute atomic E-state index is 12.5. The van der Waals surface area contributed by atoms with Gasteiger partial charge in [-0.2, -0.15) is 0 Å². The highest BCUT2D eigenvalue weighted by Gasteiger charge is 2.14. The second-order valence-corrected chi connectivity index (χ2v) is 4.82. The first-order chi connectivity index (χ1) is 11.6. The zero-order chi connectivity index (χ0) is 17.5. The highest BCUT2D eigenvalue weighted by molar-refractivity contribution is 6.05. The molecule has 0 fully saturated rings. The van der Waals surface area contributed by atoms with E-state index in [2.05, 4.69) is 5.32 Å². The molecule has 0 saturated carbocycles. The predicted molar refractivity (Wildman–Crippen MR) is 91.7 cm³/mol. The first-order valence-corrected chi connectivity index (χ1v) is 7.47. The number of amides is 1. The number of ether oxygens (including phenoxy) is 4. The van der Waals surface area contributed by atoms with E-state index in [-0.39, 0.29) is 5.91 Å². The number of anilines is 1. The molecule has 0 heterocycles. The number of benzene rings is 2. The van der Waals surface area contributed by atoms with Crippen LogP contribution >= 0.6 is 0 Å². The number of carbonyl (C=O) groups is 1. The Morgan fingerprint density at radius 3 is 2.25 bits per heavy atom. The van der Waals surface area contributed by atoms with E-state index in [1.165, 1.54) is 7.11 Å². The Bertz CT molecular complexity index is 715. The van der Waals surface area contributed by atoms with Gasteiger partial charge in [-0.1, -0.05) is 0 Å². The Morgan fingerprint density at radius 2 is 1.62 bits per heavy atom. The first-order valence-electron chi connectivity index (χ1n) is 7.47. The molecule has 6 nitrogen and oxygen atoms in total. The van der Waals surface area contributed by atoms with Crippen LogP contribution in [0.1, 0.15) is 17.3 Å². The van der Waals surface area contributed by atoms with Crippen LogP contribution in [0.25, 0.3) is 0 Å². The third-order valence-electron chi connectivity index (χ3n) is 3.38. The van der Waals surface area contributed by atoms with Gasteiger partial charge in [0.25, 0.3) is 5.91 Å². The summed E-state index contributed by atoms with van der Waals surface area (Å²) in [6.07, 6.45) is 0. The molecule has 0 aliphatic carbocycles. The second kappa shape index (κ2) is 8.10. The Balaban J connectivity index is 2.28. The lowest BCUT2D eigenvalue weighted by molar-refractivity contribution is 0.102. The summed E-state index contributed by atoms with van der Waals surface area (Å²) < 4.78 is 21.2. The van der Waals surface area contributed by atoms with E-state index < -0.39 is 0 Å². The van der Waals surface area contributed by atoms with Gasteiger partial charge in [-0.3, -0.25) is 4.79 Å². The molecule has 0 aliphatic rings. The van der Waals surface area contributed by atoms with Crippen molar-refractivity contribution >= 4 is 11.6 Å². The van der Waals surface area contributed by atoms with Gasteiger partial charge in [-0.15, -0.1) is 0 Å². The molecule has 128 valence electrons. The molecule has 1 N–H and O–H groups in total. The number of hydrogen-bond donors (Lipinski definition) is 1. The minimum atomic E-state index is -0.287. The Morgan fingerprint density at radius 1 is 0.917 bits per heavy atom. The van der Waals surface area contributed by atoms with Crippen molar-refractivity contribution in [2.45, 2.75) is 6.92 Å². The van der Waals surface area contributed by atoms with Gasteiger partial charge < -0.3 is 24.3 Å². The van der Waals surface area contributed by atoms with Crippen LogP contribution in [0.4, 0.5) is 5.69 Å². The van der Waals surface area contributed by atoms with Gasteiger partial charge in [0.05, 0.1) is 33.6 Å². The van der Waals surface area contributed by atoms with Gasteiger partial charge in [-0.05, 0) is 37.3 Å². The van der Waals surface area contributed by atoms with Crippen LogP contribution in [0.3, 0.4) is 0 Å². The molecule has 24 heavy (non-hydrogen) atoms. The number of nitrogens with one attached hydrogen (secondary N) is 1. The molecule has 2 rings (SSSR count). The normalized spacial score (nSPS) is 10.0. The standard InChI is InChI=1S/C18H21NO5/c1-5-24-17-10-12(6-8-16(17)23-4)18(20)19-14-11-13(21-2)7-9-15(14)22-3/h6-11H,5H2,1-4H3,(H,19,20). The molecule has 0 radical (unpaired) electrons. The van der Waals surface area contributed by atoms with E-state index in [4.69, 9.17) is 18.9 Å². The van der Waals surface area contributed by atoms with Crippen LogP contribution in [-0.2, 0) is 0 Å². The quantitative estimate of drug-likeness (QED) is 0.843. The molecule has 0 bridgehead atoms. The highest BCUT2D eigenvalue weighted by atomic mass is 16.5. The smallest absolute Gasteiger partial charge is 0.255 e. The van der Waals surface area contributed by atoms with Gasteiger partial charge in [0, 0.05) is 11.6 Å². The van der Waals surface area contributed by atoms with E-state index in [0.29, 0.717) is 40.9 Å². The molecule has 0 atom stereocenters. The predicted octanol–water partition coefficient (Wildman–Crippen LogP) is 3.36. The average molecular weight is 331 g/mol. The summed E-state index contributed by atoms with van der Waals surface area (Å²) in [4.78, 5) is 12.5. The third-order valence-corrected chi connectivity index (χ3v) is 3.38. The van der Waals surface area contributed by atoms with Crippen LogP contribution in [0.15, 0.2) is 36.4 Å². The number of rotatable bonds is 7. The lowest BCUT2D eigenvalue weighted by Crippen LogP contribution is -2.13. The molecule has 0 aromatic heterocycles. The maximum atomic E-state index is 12.5. The molecule has 2 aromatic rings. The monoisotopic (exact) mass is 331 g/mol. The van der Waals surface area contributed by atoms with E-state index >= 15 is 0 Å². The number of hydrogen-bond acceptors (Lipinski definition) is 5. The van der Waals surface area contributed by atoms with E-state index in [0.717, 1.165) is 0 Å². The van der Waals surface area contributed by atoms with Gasteiger partial charge in [0.1, 0.15) is 11.5 Å². The van der Waals surface area contributed by atoms with Crippen molar-refractivity contribution in [2.24, 2.45) is 0 Å². The lowest BCUT2D eigenvalue weighted by Gasteiger charge is -2.13. The zero-order valence-corrected chi connectivity index (χ0v) is 14.2. The maximum Gasteiger partial charge on any atom is 0.255 e. The molecule has 1 amide bonds. The topological polar surface area (TPSA) is 66.0 Å². The largest absolute Gasteiger partial charge is 0.497 e. The Hall–Kier alpha value is -2.89. The van der Waals surface area contributed by atoms with Crippen molar-refractivity contribution in [3.05, 3.63) is 42.0 Å². The summed E-state index contributed by atoms with van der Waals surface area (Å²) in [7, 11) is 4.65. The molecule has 0 unspecified atom stereocenters. The molecule has 2 aromatic carbocycles. The summed E-state index contributed by atoms with van der Waals surface area (Å²) in [5, 5.41) is 2.82. The van der Waals surface area contributed by atoms with Gasteiger partial charge in [-0.25, -0.2) is 0 Å². The summed E-state index contributed by atoms with van der Waals surface area (Å²) in [5.74, 6) is 1.97. The van der Waals surface area contributed by atoms with Gasteiger partial charge >= 0.3 is 0 Å². The van der Waals surface area contributed by atoms with Crippen molar-refractivity contribution in [3.8, 4) is 23.0 Å². The highest BCUT2D eigenvalue weighted by Crippen LogP contribution is 2.31. The van der Waals surface area contributed by atoms with E-state index in [1.807, 2.05) is 6.92 Å². The van der Waals surface area contributed by atoms with Crippen LogP contribution in [0.5, 0.6) is 23.0 Å². The van der Waals surface area contributed by atoms with E-state index in [9.17, 15) is 4.79 Å². The van der Waals surface area contributed by atoms with Crippen molar-refractivity contribution < 1.29 is 23.7 Å². The van der Waals surface area contributed by atoms with Crippen molar-refractivity contribution in [1.82, 2.24) is 0 Å². The lowest BCUT2D eigenvalue weighted by atomic mass is 10.1. The zero-order valence-electron chi connectivity index (χ0n) is 14.2. The van der Waals surface area contributed by atoms with Crippen molar-refractivity contribution in [1.29, 1.82) is 0 Å². The molecule has 0 aliphatic heterocycles. The molecule has 6 heteroatoms. The van der Waals surface area contributed by atoms with Crippen LogP contribution in [-0.4, -0.2) is 33.8 Å². The van der Waals surface area contributed by atoms with Crippen LogP contribution in [0, 0.1) is 0 Å². The minimum absolute atomic E-state index is 0.287. The fraction of sp³-hybridized carbons (Fsp3) is 0.278. The van der Waals surface area contributed by atoms with Gasteiger partial charge in [0.2, 0.25) is 0 Å². The first kappa shape index (κ1) is 17.5.